The van der Waals surface area contributed by atoms with E-state index in [9.17, 15) is 9.59 Å². The Balaban J connectivity index is 1.23. The number of urea groups is 1. The van der Waals surface area contributed by atoms with Crippen LogP contribution in [-0.2, 0) is 16.0 Å². The van der Waals surface area contributed by atoms with Crippen LogP contribution in [-0.4, -0.2) is 66.2 Å². The first kappa shape index (κ1) is 17.3. The van der Waals surface area contributed by atoms with E-state index < -0.39 is 0 Å². The average molecular weight is 357 g/mol. The molecule has 3 heterocycles. The number of likely N-dealkylation sites (tertiary alicyclic amines) is 2. The monoisotopic (exact) mass is 357 g/mol. The molecule has 3 aliphatic rings. The normalized spacial score (nSPS) is 27.8. The van der Waals surface area contributed by atoms with Crippen molar-refractivity contribution in [2.24, 2.45) is 0 Å². The fraction of sp³-hybridized carbons (Fsp3) is 0.600. The zero-order valence-electron chi connectivity index (χ0n) is 15.1. The van der Waals surface area contributed by atoms with Crippen molar-refractivity contribution in [3.05, 3.63) is 35.9 Å². The molecule has 0 aliphatic carbocycles. The molecular formula is C20H27N3O3. The summed E-state index contributed by atoms with van der Waals surface area (Å²) < 4.78 is 5.77. The molecular weight excluding hydrogens is 330 g/mol. The Bertz CT molecular complexity index is 639. The number of morpholine rings is 1. The fourth-order valence-electron chi connectivity index (χ4n) is 4.23. The molecule has 3 atom stereocenters. The van der Waals surface area contributed by atoms with Crippen molar-refractivity contribution in [3.63, 3.8) is 0 Å². The van der Waals surface area contributed by atoms with Crippen molar-refractivity contribution in [1.82, 2.24) is 15.1 Å². The molecule has 26 heavy (non-hydrogen) atoms. The number of nitrogens with one attached hydrogen (secondary N) is 1. The van der Waals surface area contributed by atoms with Crippen LogP contribution < -0.4 is 5.32 Å². The van der Waals surface area contributed by atoms with Gasteiger partial charge in [0.1, 0.15) is 6.04 Å². The first-order valence-electron chi connectivity index (χ1n) is 9.72. The minimum Gasteiger partial charge on any atom is -0.371 e. The highest BCUT2D eigenvalue weighted by Gasteiger charge is 2.38. The van der Waals surface area contributed by atoms with Gasteiger partial charge in [0.25, 0.3) is 0 Å². The van der Waals surface area contributed by atoms with Crippen molar-refractivity contribution >= 4 is 11.9 Å². The number of nitrogens with zero attached hydrogens (tertiary/aromatic N) is 2. The quantitative estimate of drug-likeness (QED) is 0.874. The predicted molar refractivity (Wildman–Crippen MR) is 97.7 cm³/mol. The standard InChI is InChI=1S/C20H27N3O3/c24-19-18(21-20(25)23-13-16-8-9-17(14-23)26-16)10-12-22(19)11-4-7-15-5-2-1-3-6-15/h1-3,5-6,16-18H,4,7-14H2,(H,21,25). The zero-order valence-corrected chi connectivity index (χ0v) is 15.1. The topological polar surface area (TPSA) is 61.9 Å². The first-order valence-corrected chi connectivity index (χ1v) is 9.72. The second kappa shape index (κ2) is 7.66. The van der Waals surface area contributed by atoms with Gasteiger partial charge < -0.3 is 19.9 Å². The summed E-state index contributed by atoms with van der Waals surface area (Å²) in [5, 5.41) is 2.95. The maximum atomic E-state index is 12.6. The van der Waals surface area contributed by atoms with E-state index in [0.29, 0.717) is 19.5 Å². The Morgan fingerprint density at radius 1 is 1.12 bits per heavy atom. The first-order chi connectivity index (χ1) is 12.7. The minimum atomic E-state index is -0.375. The summed E-state index contributed by atoms with van der Waals surface area (Å²) in [5.41, 5.74) is 1.30. The van der Waals surface area contributed by atoms with E-state index in [1.54, 1.807) is 0 Å². The maximum absolute atomic E-state index is 12.6. The highest BCUT2D eigenvalue weighted by Crippen LogP contribution is 2.26. The molecule has 3 fully saturated rings. The van der Waals surface area contributed by atoms with Gasteiger partial charge in [-0.05, 0) is 37.7 Å². The van der Waals surface area contributed by atoms with E-state index in [1.807, 2.05) is 28.0 Å². The second-order valence-electron chi connectivity index (χ2n) is 7.57. The van der Waals surface area contributed by atoms with E-state index in [4.69, 9.17) is 4.74 Å². The van der Waals surface area contributed by atoms with Crippen molar-refractivity contribution < 1.29 is 14.3 Å². The number of aryl methyl sites for hydroxylation is 1. The van der Waals surface area contributed by atoms with Gasteiger partial charge in [0.15, 0.2) is 0 Å². The Morgan fingerprint density at radius 3 is 2.58 bits per heavy atom. The molecule has 0 saturated carbocycles. The van der Waals surface area contributed by atoms with Crippen LogP contribution in [0.2, 0.25) is 0 Å². The molecule has 6 nitrogen and oxygen atoms in total. The van der Waals surface area contributed by atoms with Crippen molar-refractivity contribution in [1.29, 1.82) is 0 Å². The summed E-state index contributed by atoms with van der Waals surface area (Å²) in [5.74, 6) is 0.0580. The van der Waals surface area contributed by atoms with Crippen molar-refractivity contribution in [3.8, 4) is 0 Å². The molecule has 1 aromatic carbocycles. The molecule has 2 bridgehead atoms. The van der Waals surface area contributed by atoms with Gasteiger partial charge >= 0.3 is 6.03 Å². The summed E-state index contributed by atoms with van der Waals surface area (Å²) in [7, 11) is 0. The summed E-state index contributed by atoms with van der Waals surface area (Å²) >= 11 is 0. The number of hydrogen-bond donors (Lipinski definition) is 1. The summed E-state index contributed by atoms with van der Waals surface area (Å²) in [6.45, 7) is 2.77. The number of rotatable bonds is 5. The van der Waals surface area contributed by atoms with Crippen LogP contribution in [0.3, 0.4) is 0 Å². The molecule has 0 spiro atoms. The lowest BCUT2D eigenvalue weighted by Crippen LogP contribution is -2.53. The summed E-state index contributed by atoms with van der Waals surface area (Å²) in [6.07, 6.45) is 5.04. The number of carbonyl (C=O) groups is 2. The number of hydrogen-bond acceptors (Lipinski definition) is 3. The summed E-state index contributed by atoms with van der Waals surface area (Å²) in [4.78, 5) is 28.8. The molecule has 6 heteroatoms. The number of fused-ring (bicyclic) bond motifs is 2. The molecule has 140 valence electrons. The van der Waals surface area contributed by atoms with E-state index in [-0.39, 0.29) is 30.2 Å². The van der Waals surface area contributed by atoms with E-state index in [2.05, 4.69) is 17.4 Å². The molecule has 0 aromatic heterocycles. The van der Waals surface area contributed by atoms with Crippen LogP contribution in [0, 0.1) is 0 Å². The lowest BCUT2D eigenvalue weighted by atomic mass is 10.1. The lowest BCUT2D eigenvalue weighted by Gasteiger charge is -2.32. The van der Waals surface area contributed by atoms with E-state index >= 15 is 0 Å². The predicted octanol–water partition coefficient (Wildman–Crippen LogP) is 1.79. The highest BCUT2D eigenvalue weighted by molar-refractivity contribution is 5.88. The van der Waals surface area contributed by atoms with Crippen LogP contribution >= 0.6 is 0 Å². The second-order valence-corrected chi connectivity index (χ2v) is 7.57. The minimum absolute atomic E-state index is 0.0580. The van der Waals surface area contributed by atoms with E-state index in [1.165, 1.54) is 5.56 Å². The van der Waals surface area contributed by atoms with E-state index in [0.717, 1.165) is 38.8 Å². The van der Waals surface area contributed by atoms with Gasteiger partial charge in [-0.15, -0.1) is 0 Å². The van der Waals surface area contributed by atoms with Crippen LogP contribution in [0.1, 0.15) is 31.2 Å². The van der Waals surface area contributed by atoms with Gasteiger partial charge in [-0.2, -0.15) is 0 Å². The van der Waals surface area contributed by atoms with Gasteiger partial charge in [0.2, 0.25) is 5.91 Å². The average Bonchev–Trinajstić information content (AvgIpc) is 3.18. The maximum Gasteiger partial charge on any atom is 0.318 e. The lowest BCUT2D eigenvalue weighted by molar-refractivity contribution is -0.129. The third-order valence-electron chi connectivity index (χ3n) is 5.66. The Kier molecular flexibility index (Phi) is 5.11. The molecule has 1 aromatic rings. The Morgan fingerprint density at radius 2 is 1.85 bits per heavy atom. The van der Waals surface area contributed by atoms with Gasteiger partial charge in [-0.1, -0.05) is 30.3 Å². The molecule has 4 rings (SSSR count). The molecule has 3 unspecified atom stereocenters. The Hall–Kier alpha value is -2.08. The molecule has 3 saturated heterocycles. The number of benzene rings is 1. The number of ether oxygens (including phenoxy) is 1. The van der Waals surface area contributed by atoms with Crippen LogP contribution in [0.15, 0.2) is 30.3 Å². The zero-order chi connectivity index (χ0) is 17.9. The Labute approximate surface area is 154 Å². The van der Waals surface area contributed by atoms with Gasteiger partial charge in [0, 0.05) is 26.2 Å². The molecule has 0 radical (unpaired) electrons. The number of carbonyl (C=O) groups excluding carboxylic acids is 2. The summed E-state index contributed by atoms with van der Waals surface area (Å²) in [6, 6.07) is 9.84. The van der Waals surface area contributed by atoms with Gasteiger partial charge in [-0.25, -0.2) is 4.79 Å². The largest absolute Gasteiger partial charge is 0.371 e. The van der Waals surface area contributed by atoms with Crippen molar-refractivity contribution in [2.45, 2.75) is 50.4 Å². The fourth-order valence-corrected chi connectivity index (χ4v) is 4.23. The highest BCUT2D eigenvalue weighted by atomic mass is 16.5. The van der Waals surface area contributed by atoms with Crippen molar-refractivity contribution in [2.75, 3.05) is 26.2 Å². The van der Waals surface area contributed by atoms with Crippen LogP contribution in [0.4, 0.5) is 4.79 Å². The smallest absolute Gasteiger partial charge is 0.318 e. The number of amides is 3. The third-order valence-corrected chi connectivity index (χ3v) is 5.66. The third kappa shape index (κ3) is 3.85. The van der Waals surface area contributed by atoms with Gasteiger partial charge in [-0.3, -0.25) is 4.79 Å². The molecule has 3 amide bonds. The molecule has 1 N–H and O–H groups in total. The van der Waals surface area contributed by atoms with Gasteiger partial charge in [0.05, 0.1) is 12.2 Å². The molecule has 3 aliphatic heterocycles. The van der Waals surface area contributed by atoms with Crippen LogP contribution in [0.5, 0.6) is 0 Å². The van der Waals surface area contributed by atoms with Crippen LogP contribution in [0.25, 0.3) is 0 Å². The SMILES string of the molecule is O=C(NC1CCN(CCCc2ccccc2)C1=O)N1CC2CCC(C1)O2.